The molecule has 1 amide bonds. The monoisotopic (exact) mass is 381 g/mol. The second-order valence-corrected chi connectivity index (χ2v) is 7.80. The SMILES string of the molecule is CCC1(CC)C[C@@H](NC(=O)[C@@H](C)Oc2ccc(C)c(C)c2)c2ccccc2O1. The molecule has 150 valence electrons. The first kappa shape index (κ1) is 20.2. The molecule has 1 aliphatic heterocycles. The Morgan fingerprint density at radius 1 is 1.18 bits per heavy atom. The van der Waals surface area contributed by atoms with Crippen molar-refractivity contribution in [3.8, 4) is 11.5 Å². The summed E-state index contributed by atoms with van der Waals surface area (Å²) in [5.74, 6) is 1.47. The zero-order valence-electron chi connectivity index (χ0n) is 17.5. The van der Waals surface area contributed by atoms with Crippen LogP contribution in [0.4, 0.5) is 0 Å². The average molecular weight is 382 g/mol. The molecule has 0 unspecified atom stereocenters. The smallest absolute Gasteiger partial charge is 0.261 e. The molecule has 2 aromatic carbocycles. The van der Waals surface area contributed by atoms with Gasteiger partial charge in [0.05, 0.1) is 6.04 Å². The highest BCUT2D eigenvalue weighted by atomic mass is 16.5. The van der Waals surface area contributed by atoms with Crippen LogP contribution in [0, 0.1) is 13.8 Å². The summed E-state index contributed by atoms with van der Waals surface area (Å²) >= 11 is 0. The highest BCUT2D eigenvalue weighted by Crippen LogP contribution is 2.42. The van der Waals surface area contributed by atoms with Crippen LogP contribution < -0.4 is 14.8 Å². The lowest BCUT2D eigenvalue weighted by Crippen LogP contribution is -2.46. The number of nitrogens with one attached hydrogen (secondary N) is 1. The minimum absolute atomic E-state index is 0.0804. The lowest BCUT2D eigenvalue weighted by molar-refractivity contribution is -0.128. The molecule has 1 N–H and O–H groups in total. The van der Waals surface area contributed by atoms with E-state index in [2.05, 4.69) is 26.1 Å². The molecule has 4 nitrogen and oxygen atoms in total. The fourth-order valence-corrected chi connectivity index (χ4v) is 3.76. The molecule has 3 rings (SSSR count). The van der Waals surface area contributed by atoms with Gasteiger partial charge in [0.25, 0.3) is 5.91 Å². The van der Waals surface area contributed by atoms with Crippen LogP contribution >= 0.6 is 0 Å². The van der Waals surface area contributed by atoms with Gasteiger partial charge in [0, 0.05) is 12.0 Å². The van der Waals surface area contributed by atoms with Crippen LogP contribution in [0.2, 0.25) is 0 Å². The van der Waals surface area contributed by atoms with Gasteiger partial charge in [0.15, 0.2) is 6.10 Å². The Hall–Kier alpha value is -2.49. The number of benzene rings is 2. The number of hydrogen-bond acceptors (Lipinski definition) is 3. The third-order valence-corrected chi connectivity index (χ3v) is 5.96. The molecule has 0 saturated heterocycles. The first-order valence-electron chi connectivity index (χ1n) is 10.2. The number of rotatable bonds is 6. The maximum Gasteiger partial charge on any atom is 0.261 e. The van der Waals surface area contributed by atoms with Crippen molar-refractivity contribution in [1.82, 2.24) is 5.32 Å². The largest absolute Gasteiger partial charge is 0.487 e. The van der Waals surface area contributed by atoms with E-state index in [1.807, 2.05) is 49.4 Å². The van der Waals surface area contributed by atoms with Gasteiger partial charge < -0.3 is 14.8 Å². The van der Waals surface area contributed by atoms with Crippen molar-refractivity contribution in [2.45, 2.75) is 71.6 Å². The lowest BCUT2D eigenvalue weighted by Gasteiger charge is -2.41. The minimum Gasteiger partial charge on any atom is -0.487 e. The van der Waals surface area contributed by atoms with Crippen LogP contribution in [0.15, 0.2) is 42.5 Å². The molecule has 2 atom stereocenters. The van der Waals surface area contributed by atoms with Gasteiger partial charge in [-0.1, -0.05) is 38.1 Å². The van der Waals surface area contributed by atoms with E-state index in [0.717, 1.165) is 41.9 Å². The summed E-state index contributed by atoms with van der Waals surface area (Å²) in [6.45, 7) is 10.2. The maximum absolute atomic E-state index is 12.9. The predicted molar refractivity (Wildman–Crippen MR) is 112 cm³/mol. The Labute approximate surface area is 168 Å². The quantitative estimate of drug-likeness (QED) is 0.741. The van der Waals surface area contributed by atoms with Gasteiger partial charge in [-0.2, -0.15) is 0 Å². The van der Waals surface area contributed by atoms with E-state index in [4.69, 9.17) is 9.47 Å². The Morgan fingerprint density at radius 2 is 1.89 bits per heavy atom. The number of carbonyl (C=O) groups excluding carboxylic acids is 1. The van der Waals surface area contributed by atoms with Gasteiger partial charge in [-0.15, -0.1) is 0 Å². The molecule has 0 aliphatic carbocycles. The summed E-state index contributed by atoms with van der Waals surface area (Å²) in [6.07, 6.45) is 1.99. The second kappa shape index (κ2) is 8.26. The summed E-state index contributed by atoms with van der Waals surface area (Å²) in [7, 11) is 0. The molecule has 0 spiro atoms. The van der Waals surface area contributed by atoms with E-state index in [9.17, 15) is 4.79 Å². The average Bonchev–Trinajstić information content (AvgIpc) is 2.70. The van der Waals surface area contributed by atoms with Gasteiger partial charge in [0.1, 0.15) is 17.1 Å². The number of hydrogen-bond donors (Lipinski definition) is 1. The topological polar surface area (TPSA) is 47.6 Å². The van der Waals surface area contributed by atoms with E-state index in [-0.39, 0.29) is 17.6 Å². The molecular weight excluding hydrogens is 350 g/mol. The normalized spacial score (nSPS) is 18.5. The van der Waals surface area contributed by atoms with Crippen molar-refractivity contribution in [1.29, 1.82) is 0 Å². The van der Waals surface area contributed by atoms with Gasteiger partial charge in [0.2, 0.25) is 0 Å². The van der Waals surface area contributed by atoms with Crippen molar-refractivity contribution < 1.29 is 14.3 Å². The second-order valence-electron chi connectivity index (χ2n) is 7.80. The Balaban J connectivity index is 1.75. The lowest BCUT2D eigenvalue weighted by atomic mass is 9.83. The molecule has 0 fully saturated rings. The standard InChI is InChI=1S/C24H31NO3/c1-6-24(7-2)15-21(20-10-8-9-11-22(20)28-24)25-23(26)18(5)27-19-13-12-16(3)17(4)14-19/h8-14,18,21H,6-7,15H2,1-5H3,(H,25,26)/t18-,21-/m1/s1. The third-order valence-electron chi connectivity index (χ3n) is 5.96. The van der Waals surface area contributed by atoms with Crippen LogP contribution in [0.3, 0.4) is 0 Å². The third kappa shape index (κ3) is 4.16. The van der Waals surface area contributed by atoms with Crippen molar-refractivity contribution in [2.75, 3.05) is 0 Å². The highest BCUT2D eigenvalue weighted by molar-refractivity contribution is 5.81. The Bertz CT molecular complexity index is 841. The number of ether oxygens (including phenoxy) is 2. The predicted octanol–water partition coefficient (Wildman–Crippen LogP) is 5.27. The molecule has 0 radical (unpaired) electrons. The number of amides is 1. The van der Waals surface area contributed by atoms with Crippen molar-refractivity contribution in [2.24, 2.45) is 0 Å². The number of para-hydroxylation sites is 1. The molecule has 1 heterocycles. The van der Waals surface area contributed by atoms with E-state index < -0.39 is 6.10 Å². The molecule has 4 heteroatoms. The zero-order chi connectivity index (χ0) is 20.3. The molecule has 28 heavy (non-hydrogen) atoms. The number of fused-ring (bicyclic) bond motifs is 1. The Kier molecular flexibility index (Phi) is 5.97. The summed E-state index contributed by atoms with van der Waals surface area (Å²) in [5.41, 5.74) is 3.15. The summed E-state index contributed by atoms with van der Waals surface area (Å²) in [4.78, 5) is 12.9. The van der Waals surface area contributed by atoms with E-state index in [1.54, 1.807) is 6.92 Å². The van der Waals surface area contributed by atoms with Crippen LogP contribution in [0.5, 0.6) is 11.5 Å². The molecule has 0 aromatic heterocycles. The molecular formula is C24H31NO3. The molecule has 1 aliphatic rings. The van der Waals surface area contributed by atoms with Crippen LogP contribution in [-0.4, -0.2) is 17.6 Å². The Morgan fingerprint density at radius 3 is 2.57 bits per heavy atom. The van der Waals surface area contributed by atoms with Crippen LogP contribution in [-0.2, 0) is 4.79 Å². The van der Waals surface area contributed by atoms with Crippen molar-refractivity contribution >= 4 is 5.91 Å². The summed E-state index contributed by atoms with van der Waals surface area (Å²) in [6, 6.07) is 13.8. The van der Waals surface area contributed by atoms with Crippen molar-refractivity contribution in [3.63, 3.8) is 0 Å². The maximum atomic E-state index is 12.9. The van der Waals surface area contributed by atoms with Crippen LogP contribution in [0.1, 0.15) is 62.8 Å². The minimum atomic E-state index is -0.574. The van der Waals surface area contributed by atoms with E-state index in [0.29, 0.717) is 0 Å². The molecule has 2 aromatic rings. The van der Waals surface area contributed by atoms with Gasteiger partial charge in [-0.25, -0.2) is 0 Å². The first-order valence-corrected chi connectivity index (χ1v) is 10.2. The first-order chi connectivity index (χ1) is 13.4. The van der Waals surface area contributed by atoms with Gasteiger partial charge in [-0.3, -0.25) is 4.79 Å². The zero-order valence-corrected chi connectivity index (χ0v) is 17.5. The number of aryl methyl sites for hydroxylation is 2. The fraction of sp³-hybridized carbons (Fsp3) is 0.458. The highest BCUT2D eigenvalue weighted by Gasteiger charge is 2.39. The van der Waals surface area contributed by atoms with E-state index in [1.165, 1.54) is 5.56 Å². The van der Waals surface area contributed by atoms with E-state index >= 15 is 0 Å². The number of carbonyl (C=O) groups is 1. The summed E-state index contributed by atoms with van der Waals surface area (Å²) < 4.78 is 12.2. The molecule has 0 bridgehead atoms. The van der Waals surface area contributed by atoms with Gasteiger partial charge in [-0.05, 0) is 62.9 Å². The van der Waals surface area contributed by atoms with Gasteiger partial charge >= 0.3 is 0 Å². The van der Waals surface area contributed by atoms with Crippen LogP contribution in [0.25, 0.3) is 0 Å². The van der Waals surface area contributed by atoms with Crippen molar-refractivity contribution in [3.05, 3.63) is 59.2 Å². The summed E-state index contributed by atoms with van der Waals surface area (Å²) in [5, 5.41) is 3.20. The molecule has 0 saturated carbocycles. The fourth-order valence-electron chi connectivity index (χ4n) is 3.76.